The fraction of sp³-hybridized carbons (Fsp3) is 0.933. The summed E-state index contributed by atoms with van der Waals surface area (Å²) in [6.45, 7) is 10.2. The molecule has 0 saturated heterocycles. The van der Waals surface area contributed by atoms with E-state index in [1.807, 2.05) is 0 Å². The smallest absolute Gasteiger partial charge is 0.106 e. The van der Waals surface area contributed by atoms with Gasteiger partial charge >= 0.3 is 0 Å². The summed E-state index contributed by atoms with van der Waals surface area (Å²) in [7, 11) is 0. The number of rotatable bonds is 11. The summed E-state index contributed by atoms with van der Waals surface area (Å²) in [5.41, 5.74) is -0.354. The van der Waals surface area contributed by atoms with Gasteiger partial charge in [0.2, 0.25) is 0 Å². The Morgan fingerprint density at radius 2 is 2.00 bits per heavy atom. The van der Waals surface area contributed by atoms with E-state index in [9.17, 15) is 5.26 Å². The molecule has 2 atom stereocenters. The van der Waals surface area contributed by atoms with Gasteiger partial charge in [-0.25, -0.2) is 0 Å². The van der Waals surface area contributed by atoms with Gasteiger partial charge in [0.15, 0.2) is 0 Å². The number of hydrogen-bond acceptors (Lipinski definition) is 3. The molecular weight excluding hydrogens is 224 g/mol. The minimum Gasteiger partial charge on any atom is -0.379 e. The lowest BCUT2D eigenvalue weighted by Crippen LogP contribution is -2.44. The molecule has 0 aromatic rings. The van der Waals surface area contributed by atoms with Crippen molar-refractivity contribution in [3.63, 3.8) is 0 Å². The Hall–Kier alpha value is -0.590. The molecule has 3 heteroatoms. The monoisotopic (exact) mass is 254 g/mol. The summed E-state index contributed by atoms with van der Waals surface area (Å²) >= 11 is 0. The first-order valence-electron chi connectivity index (χ1n) is 7.42. The van der Waals surface area contributed by atoms with Gasteiger partial charge in [0.05, 0.1) is 12.2 Å². The zero-order valence-corrected chi connectivity index (χ0v) is 12.6. The summed E-state index contributed by atoms with van der Waals surface area (Å²) in [5, 5.41) is 12.7. The molecule has 0 fully saturated rings. The van der Waals surface area contributed by atoms with Gasteiger partial charge in [-0.2, -0.15) is 5.26 Å². The SMILES string of the molecule is CCCNC(C#N)(CC)CCCOC(C)CCC. The van der Waals surface area contributed by atoms with Gasteiger partial charge < -0.3 is 4.74 Å². The van der Waals surface area contributed by atoms with Crippen LogP contribution in [0.1, 0.15) is 66.2 Å². The molecular formula is C15H30N2O. The van der Waals surface area contributed by atoms with Crippen molar-refractivity contribution < 1.29 is 4.74 Å². The Kier molecular flexibility index (Phi) is 10.0. The Morgan fingerprint density at radius 1 is 1.28 bits per heavy atom. The first-order valence-corrected chi connectivity index (χ1v) is 7.42. The van der Waals surface area contributed by atoms with Gasteiger partial charge in [0.25, 0.3) is 0 Å². The molecule has 0 aromatic carbocycles. The highest BCUT2D eigenvalue weighted by atomic mass is 16.5. The van der Waals surface area contributed by atoms with Crippen LogP contribution in [0.3, 0.4) is 0 Å². The lowest BCUT2D eigenvalue weighted by molar-refractivity contribution is 0.0545. The fourth-order valence-corrected chi connectivity index (χ4v) is 2.08. The fourth-order valence-electron chi connectivity index (χ4n) is 2.08. The van der Waals surface area contributed by atoms with Crippen LogP contribution in [-0.2, 0) is 4.74 Å². The molecule has 0 radical (unpaired) electrons. The largest absolute Gasteiger partial charge is 0.379 e. The number of hydrogen-bond donors (Lipinski definition) is 1. The summed E-state index contributed by atoms with van der Waals surface area (Å²) in [6.07, 6.45) is 6.37. The van der Waals surface area contributed by atoms with Crippen LogP contribution in [0.4, 0.5) is 0 Å². The van der Waals surface area contributed by atoms with Crippen molar-refractivity contribution in [2.24, 2.45) is 0 Å². The summed E-state index contributed by atoms with van der Waals surface area (Å²) in [5.74, 6) is 0. The van der Waals surface area contributed by atoms with Crippen molar-refractivity contribution in [2.75, 3.05) is 13.2 Å². The van der Waals surface area contributed by atoms with E-state index in [4.69, 9.17) is 4.74 Å². The van der Waals surface area contributed by atoms with E-state index in [1.165, 1.54) is 0 Å². The maximum atomic E-state index is 9.34. The predicted octanol–water partition coefficient (Wildman–Crippen LogP) is 3.64. The quantitative estimate of drug-likeness (QED) is 0.572. The van der Waals surface area contributed by atoms with E-state index >= 15 is 0 Å². The van der Waals surface area contributed by atoms with E-state index in [-0.39, 0.29) is 5.54 Å². The highest BCUT2D eigenvalue weighted by Gasteiger charge is 2.26. The minimum absolute atomic E-state index is 0.344. The van der Waals surface area contributed by atoms with E-state index in [0.717, 1.165) is 51.7 Å². The molecule has 1 N–H and O–H groups in total. The Morgan fingerprint density at radius 3 is 2.50 bits per heavy atom. The lowest BCUT2D eigenvalue weighted by Gasteiger charge is -2.26. The number of nitrogens with zero attached hydrogens (tertiary/aromatic N) is 1. The summed E-state index contributed by atoms with van der Waals surface area (Å²) < 4.78 is 5.73. The van der Waals surface area contributed by atoms with Crippen molar-refractivity contribution in [2.45, 2.75) is 77.9 Å². The average molecular weight is 254 g/mol. The van der Waals surface area contributed by atoms with Gasteiger partial charge in [-0.15, -0.1) is 0 Å². The van der Waals surface area contributed by atoms with Gasteiger partial charge in [-0.1, -0.05) is 27.2 Å². The average Bonchev–Trinajstić information content (AvgIpc) is 2.39. The van der Waals surface area contributed by atoms with Crippen LogP contribution >= 0.6 is 0 Å². The second kappa shape index (κ2) is 10.3. The summed E-state index contributed by atoms with van der Waals surface area (Å²) in [4.78, 5) is 0. The van der Waals surface area contributed by atoms with Crippen LogP contribution < -0.4 is 5.32 Å². The molecule has 18 heavy (non-hydrogen) atoms. The van der Waals surface area contributed by atoms with Crippen molar-refractivity contribution in [1.82, 2.24) is 5.32 Å². The standard InChI is InChI=1S/C15H30N2O/c1-5-9-14(4)18-12-8-10-15(7-3,13-16)17-11-6-2/h14,17H,5-12H2,1-4H3. The Balaban J connectivity index is 3.94. The van der Waals surface area contributed by atoms with Crippen molar-refractivity contribution >= 4 is 0 Å². The van der Waals surface area contributed by atoms with E-state index in [1.54, 1.807) is 0 Å². The zero-order chi connectivity index (χ0) is 13.9. The number of nitrogens with one attached hydrogen (secondary N) is 1. The van der Waals surface area contributed by atoms with Gasteiger partial charge in [0, 0.05) is 6.61 Å². The topological polar surface area (TPSA) is 45.0 Å². The van der Waals surface area contributed by atoms with E-state index in [0.29, 0.717) is 6.10 Å². The van der Waals surface area contributed by atoms with Crippen molar-refractivity contribution in [3.8, 4) is 6.07 Å². The van der Waals surface area contributed by atoms with Crippen LogP contribution in [-0.4, -0.2) is 24.8 Å². The van der Waals surface area contributed by atoms with Crippen LogP contribution in [0, 0.1) is 11.3 Å². The van der Waals surface area contributed by atoms with E-state index < -0.39 is 0 Å². The first kappa shape index (κ1) is 17.4. The van der Waals surface area contributed by atoms with E-state index in [2.05, 4.69) is 39.1 Å². The normalized spacial score (nSPS) is 15.9. The molecule has 0 rings (SSSR count). The predicted molar refractivity (Wildman–Crippen MR) is 76.5 cm³/mol. The molecule has 0 aliphatic heterocycles. The maximum absolute atomic E-state index is 9.34. The van der Waals surface area contributed by atoms with Crippen molar-refractivity contribution in [1.29, 1.82) is 5.26 Å². The lowest BCUT2D eigenvalue weighted by atomic mass is 9.92. The Bertz CT molecular complexity index is 237. The van der Waals surface area contributed by atoms with Crippen molar-refractivity contribution in [3.05, 3.63) is 0 Å². The molecule has 0 amide bonds. The molecule has 106 valence electrons. The molecule has 3 nitrogen and oxygen atoms in total. The second-order valence-corrected chi connectivity index (χ2v) is 5.05. The molecule has 2 unspecified atom stereocenters. The van der Waals surface area contributed by atoms with Gasteiger partial charge in [0.1, 0.15) is 5.54 Å². The first-order chi connectivity index (χ1) is 8.64. The van der Waals surface area contributed by atoms with Crippen LogP contribution in [0.2, 0.25) is 0 Å². The molecule has 0 saturated carbocycles. The zero-order valence-electron chi connectivity index (χ0n) is 12.6. The molecule has 0 spiro atoms. The number of ether oxygens (including phenoxy) is 1. The highest BCUT2D eigenvalue weighted by molar-refractivity contribution is 5.06. The number of nitriles is 1. The van der Waals surface area contributed by atoms with Gasteiger partial charge in [-0.3, -0.25) is 5.32 Å². The summed E-state index contributed by atoms with van der Waals surface area (Å²) in [6, 6.07) is 2.45. The molecule has 0 aliphatic rings. The third-order valence-electron chi connectivity index (χ3n) is 3.38. The third kappa shape index (κ3) is 6.98. The molecule has 0 aliphatic carbocycles. The van der Waals surface area contributed by atoms with Crippen LogP contribution in [0.25, 0.3) is 0 Å². The molecule has 0 aromatic heterocycles. The second-order valence-electron chi connectivity index (χ2n) is 5.05. The van der Waals surface area contributed by atoms with Crippen LogP contribution in [0.5, 0.6) is 0 Å². The maximum Gasteiger partial charge on any atom is 0.106 e. The third-order valence-corrected chi connectivity index (χ3v) is 3.38. The molecule has 0 heterocycles. The molecule has 0 bridgehead atoms. The highest BCUT2D eigenvalue weighted by Crippen LogP contribution is 2.17. The van der Waals surface area contributed by atoms with Gasteiger partial charge in [-0.05, 0) is 45.6 Å². The minimum atomic E-state index is -0.354. The Labute approximate surface area is 113 Å². The van der Waals surface area contributed by atoms with Crippen LogP contribution in [0.15, 0.2) is 0 Å².